The Morgan fingerprint density at radius 3 is 2.70 bits per heavy atom. The van der Waals surface area contributed by atoms with Crippen molar-refractivity contribution >= 4 is 22.5 Å². The van der Waals surface area contributed by atoms with Gasteiger partial charge in [0, 0.05) is 37.4 Å². The monoisotopic (exact) mass is 588 g/mol. The molecule has 1 saturated heterocycles. The van der Waals surface area contributed by atoms with E-state index in [-0.39, 0.29) is 11.4 Å². The molecule has 4 aliphatic rings. The highest BCUT2D eigenvalue weighted by atomic mass is 19.1. The van der Waals surface area contributed by atoms with Crippen LogP contribution in [0.4, 0.5) is 10.1 Å². The van der Waals surface area contributed by atoms with Gasteiger partial charge < -0.3 is 19.9 Å². The lowest BCUT2D eigenvalue weighted by molar-refractivity contribution is -0.108. The normalized spacial score (nSPS) is 26.6. The minimum absolute atomic E-state index is 0.134. The SMILES string of the molecule is COc1ccc(CCn2cnc3cc(NC(=N[C@H]4C[C@H]5C[C@@H]([C@@H]4C)C5(C)C)N4CC[C@H](N(C)C)C4)ccc3c2=O)c(F)c1. The van der Waals surface area contributed by atoms with Crippen molar-refractivity contribution in [3.63, 3.8) is 0 Å². The standard InChI is InChI=1S/C34H45FN6O2/c1-21-28-15-23(34(28,2)3)16-30(21)38-33(40-14-12-25(19-40)39(4)5)37-24-8-10-27-31(17-24)36-20-41(32(27)42)13-11-22-7-9-26(43-6)18-29(22)35/h7-10,17-18,20-21,23,25,28,30H,11-16,19H2,1-6H3,(H,37,38)/t21-,23+,25-,28-,30-/m0/s1. The van der Waals surface area contributed by atoms with E-state index in [4.69, 9.17) is 9.73 Å². The van der Waals surface area contributed by atoms with E-state index < -0.39 is 0 Å². The molecule has 0 spiro atoms. The molecule has 1 aromatic heterocycles. The van der Waals surface area contributed by atoms with Gasteiger partial charge in [0.1, 0.15) is 11.6 Å². The van der Waals surface area contributed by atoms with Gasteiger partial charge in [-0.3, -0.25) is 9.36 Å². The van der Waals surface area contributed by atoms with Crippen LogP contribution in [0.5, 0.6) is 5.75 Å². The molecule has 2 bridgehead atoms. The Hall–Kier alpha value is -3.46. The van der Waals surface area contributed by atoms with Crippen LogP contribution in [-0.4, -0.2) is 71.7 Å². The van der Waals surface area contributed by atoms with Crippen molar-refractivity contribution in [2.45, 2.75) is 65.1 Å². The number of likely N-dealkylation sites (tertiary alicyclic amines) is 1. The van der Waals surface area contributed by atoms with Crippen molar-refractivity contribution < 1.29 is 9.13 Å². The van der Waals surface area contributed by atoms with Gasteiger partial charge in [-0.1, -0.05) is 26.8 Å². The number of aliphatic imine (C=N–C) groups is 1. The van der Waals surface area contributed by atoms with Crippen molar-refractivity contribution in [3.05, 3.63) is 64.5 Å². The summed E-state index contributed by atoms with van der Waals surface area (Å²) < 4.78 is 21.1. The number of fused-ring (bicyclic) bond motifs is 3. The highest BCUT2D eigenvalue weighted by molar-refractivity contribution is 5.96. The average Bonchev–Trinajstić information content (AvgIpc) is 3.48. The fourth-order valence-corrected chi connectivity index (χ4v) is 7.62. The van der Waals surface area contributed by atoms with E-state index in [1.165, 1.54) is 19.6 Å². The molecular weight excluding hydrogens is 543 g/mol. The molecule has 0 radical (unpaired) electrons. The zero-order valence-electron chi connectivity index (χ0n) is 26.3. The van der Waals surface area contributed by atoms with E-state index in [9.17, 15) is 9.18 Å². The summed E-state index contributed by atoms with van der Waals surface area (Å²) in [4.78, 5) is 28.0. The first kappa shape index (κ1) is 29.6. The summed E-state index contributed by atoms with van der Waals surface area (Å²) in [5.41, 5.74) is 2.32. The van der Waals surface area contributed by atoms with Gasteiger partial charge in [-0.25, -0.2) is 14.4 Å². The number of methoxy groups -OCH3 is 1. The first-order chi connectivity index (χ1) is 20.5. The highest BCUT2D eigenvalue weighted by Gasteiger charge is 2.56. The Bertz CT molecular complexity index is 1580. The topological polar surface area (TPSA) is 75.0 Å². The van der Waals surface area contributed by atoms with Crippen LogP contribution in [0.3, 0.4) is 0 Å². The molecule has 0 unspecified atom stereocenters. The third-order valence-electron chi connectivity index (χ3n) is 10.8. The highest BCUT2D eigenvalue weighted by Crippen LogP contribution is 2.61. The molecule has 7 rings (SSSR count). The second-order valence-corrected chi connectivity index (χ2v) is 13.6. The summed E-state index contributed by atoms with van der Waals surface area (Å²) in [6, 6.07) is 11.3. The number of ether oxygens (including phenoxy) is 1. The van der Waals surface area contributed by atoms with E-state index in [1.54, 1.807) is 23.0 Å². The third-order valence-corrected chi connectivity index (χ3v) is 10.8. The van der Waals surface area contributed by atoms with Gasteiger partial charge in [0.05, 0.1) is 30.4 Å². The molecule has 5 atom stereocenters. The number of nitrogens with zero attached hydrogens (tertiary/aromatic N) is 5. The Kier molecular flexibility index (Phi) is 7.96. The van der Waals surface area contributed by atoms with Crippen molar-refractivity contribution in [2.24, 2.45) is 28.2 Å². The molecule has 2 aromatic carbocycles. The van der Waals surface area contributed by atoms with Crippen LogP contribution >= 0.6 is 0 Å². The molecular formula is C34H45FN6O2. The average molecular weight is 589 g/mol. The van der Waals surface area contributed by atoms with Crippen LogP contribution in [-0.2, 0) is 13.0 Å². The van der Waals surface area contributed by atoms with Gasteiger partial charge in [0.15, 0.2) is 5.96 Å². The Balaban J connectivity index is 1.22. The first-order valence-corrected chi connectivity index (χ1v) is 15.6. The minimum atomic E-state index is -0.340. The molecule has 1 aliphatic heterocycles. The number of aryl methyl sites for hydroxylation is 2. The van der Waals surface area contributed by atoms with Gasteiger partial charge in [-0.15, -0.1) is 0 Å². The van der Waals surface area contributed by atoms with Crippen LogP contribution in [0.25, 0.3) is 10.9 Å². The number of aromatic nitrogens is 2. The smallest absolute Gasteiger partial charge is 0.261 e. The molecule has 4 fully saturated rings. The number of hydrogen-bond donors (Lipinski definition) is 1. The van der Waals surface area contributed by atoms with Crippen LogP contribution in [0.15, 0.2) is 52.5 Å². The second kappa shape index (κ2) is 11.6. The summed E-state index contributed by atoms with van der Waals surface area (Å²) in [7, 11) is 5.80. The van der Waals surface area contributed by atoms with Gasteiger partial charge >= 0.3 is 0 Å². The molecule has 9 heteroatoms. The molecule has 8 nitrogen and oxygen atoms in total. The maximum atomic E-state index is 14.4. The second-order valence-electron chi connectivity index (χ2n) is 13.6. The fraction of sp³-hybridized carbons (Fsp3) is 0.559. The fourth-order valence-electron chi connectivity index (χ4n) is 7.62. The van der Waals surface area contributed by atoms with Gasteiger partial charge in [-0.05, 0) is 92.8 Å². The summed E-state index contributed by atoms with van der Waals surface area (Å²) >= 11 is 0. The predicted octanol–water partition coefficient (Wildman–Crippen LogP) is 5.26. The van der Waals surface area contributed by atoms with Crippen molar-refractivity contribution in [1.29, 1.82) is 0 Å². The number of likely N-dealkylation sites (N-methyl/N-ethyl adjacent to an activating group) is 1. The van der Waals surface area contributed by atoms with Crippen molar-refractivity contribution in [2.75, 3.05) is 39.6 Å². The van der Waals surface area contributed by atoms with E-state index in [0.717, 1.165) is 49.4 Å². The van der Waals surface area contributed by atoms with Gasteiger partial charge in [0.2, 0.25) is 0 Å². The zero-order chi connectivity index (χ0) is 30.5. The quantitative estimate of drug-likeness (QED) is 0.300. The van der Waals surface area contributed by atoms with Crippen LogP contribution < -0.4 is 15.6 Å². The van der Waals surface area contributed by atoms with E-state index in [1.807, 2.05) is 18.2 Å². The van der Waals surface area contributed by atoms with Crippen molar-refractivity contribution in [3.8, 4) is 5.75 Å². The van der Waals surface area contributed by atoms with Gasteiger partial charge in [-0.2, -0.15) is 0 Å². The number of benzene rings is 2. The third kappa shape index (κ3) is 5.64. The number of halogens is 1. The Morgan fingerprint density at radius 1 is 1.21 bits per heavy atom. The number of anilines is 1. The molecule has 43 heavy (non-hydrogen) atoms. The molecule has 230 valence electrons. The van der Waals surface area contributed by atoms with E-state index in [2.05, 4.69) is 55.0 Å². The number of hydrogen-bond acceptors (Lipinski definition) is 5. The Labute approximate surface area is 254 Å². The lowest BCUT2D eigenvalue weighted by atomic mass is 9.45. The van der Waals surface area contributed by atoms with Crippen LogP contribution in [0.2, 0.25) is 0 Å². The predicted molar refractivity (Wildman–Crippen MR) is 170 cm³/mol. The number of guanidine groups is 1. The summed E-state index contributed by atoms with van der Waals surface area (Å²) in [6.07, 6.45) is 5.51. The molecule has 3 aliphatic carbocycles. The summed E-state index contributed by atoms with van der Waals surface area (Å²) in [6.45, 7) is 9.47. The lowest BCUT2D eigenvalue weighted by Crippen LogP contribution is -2.56. The summed E-state index contributed by atoms with van der Waals surface area (Å²) in [5, 5.41) is 4.18. The maximum Gasteiger partial charge on any atom is 0.261 e. The lowest BCUT2D eigenvalue weighted by Gasteiger charge is -2.61. The summed E-state index contributed by atoms with van der Waals surface area (Å²) in [5.74, 6) is 3.07. The molecule has 3 aromatic rings. The molecule has 3 saturated carbocycles. The van der Waals surface area contributed by atoms with Crippen molar-refractivity contribution in [1.82, 2.24) is 19.4 Å². The van der Waals surface area contributed by atoms with Gasteiger partial charge in [0.25, 0.3) is 5.56 Å². The first-order valence-electron chi connectivity index (χ1n) is 15.6. The van der Waals surface area contributed by atoms with Crippen LogP contribution in [0.1, 0.15) is 45.6 Å². The zero-order valence-corrected chi connectivity index (χ0v) is 26.3. The molecule has 0 amide bonds. The minimum Gasteiger partial charge on any atom is -0.497 e. The number of nitrogens with one attached hydrogen (secondary N) is 1. The number of rotatable bonds is 7. The molecule has 1 N–H and O–H groups in total. The maximum absolute atomic E-state index is 14.4. The molecule has 2 heterocycles. The van der Waals surface area contributed by atoms with E-state index >= 15 is 0 Å². The van der Waals surface area contributed by atoms with E-state index in [0.29, 0.717) is 58.6 Å². The van der Waals surface area contributed by atoms with Crippen LogP contribution in [0, 0.1) is 29.0 Å². The Morgan fingerprint density at radius 2 is 2.02 bits per heavy atom. The largest absolute Gasteiger partial charge is 0.497 e.